The number of hydrogen-bond acceptors (Lipinski definition) is 6. The molecule has 1 amide bonds. The minimum absolute atomic E-state index is 0.233. The zero-order valence-electron chi connectivity index (χ0n) is 13.3. The number of nitrogens with one attached hydrogen (secondary N) is 1. The predicted octanol–water partition coefficient (Wildman–Crippen LogP) is 2.39. The summed E-state index contributed by atoms with van der Waals surface area (Å²) in [6.45, 7) is 0. The van der Waals surface area contributed by atoms with Crippen molar-refractivity contribution in [3.8, 4) is 0 Å². The fourth-order valence-electron chi connectivity index (χ4n) is 2.26. The Morgan fingerprint density at radius 3 is 2.92 bits per heavy atom. The van der Waals surface area contributed by atoms with Crippen LogP contribution in [0.15, 0.2) is 30.7 Å². The molecular formula is C16H16N4O3S. The average Bonchev–Trinajstić information content (AvgIpc) is 3.17. The van der Waals surface area contributed by atoms with Crippen LogP contribution in [0.4, 0.5) is 5.13 Å². The summed E-state index contributed by atoms with van der Waals surface area (Å²) in [5, 5.41) is 3.32. The number of methoxy groups -OCH3 is 1. The third-order valence-electron chi connectivity index (χ3n) is 3.57. The number of ether oxygens (including phenoxy) is 1. The lowest BCUT2D eigenvalue weighted by atomic mass is 10.1. The van der Waals surface area contributed by atoms with Crippen molar-refractivity contribution in [2.24, 2.45) is 7.05 Å². The van der Waals surface area contributed by atoms with Gasteiger partial charge in [0.25, 0.3) is 5.91 Å². The van der Waals surface area contributed by atoms with Gasteiger partial charge >= 0.3 is 5.97 Å². The first-order valence-electron chi connectivity index (χ1n) is 7.31. The summed E-state index contributed by atoms with van der Waals surface area (Å²) in [5.41, 5.74) is 2.30. The third kappa shape index (κ3) is 3.43. The lowest BCUT2D eigenvalue weighted by molar-refractivity contribution is -0.140. The largest absolute Gasteiger partial charge is 0.469 e. The first-order valence-corrected chi connectivity index (χ1v) is 8.12. The van der Waals surface area contributed by atoms with E-state index in [-0.39, 0.29) is 11.9 Å². The fraction of sp³-hybridized carbons (Fsp3) is 0.250. The van der Waals surface area contributed by atoms with Gasteiger partial charge in [0.1, 0.15) is 5.69 Å². The van der Waals surface area contributed by atoms with Crippen molar-refractivity contribution >= 4 is 38.6 Å². The topological polar surface area (TPSA) is 86.1 Å². The highest BCUT2D eigenvalue weighted by Crippen LogP contribution is 2.27. The zero-order chi connectivity index (χ0) is 17.1. The summed E-state index contributed by atoms with van der Waals surface area (Å²) in [4.78, 5) is 31.8. The molecule has 0 atom stereocenters. The maximum atomic E-state index is 12.2. The first-order chi connectivity index (χ1) is 11.6. The summed E-state index contributed by atoms with van der Waals surface area (Å²) < 4.78 is 7.25. The number of carbonyl (C=O) groups excluding carboxylic acids is 2. The number of amides is 1. The van der Waals surface area contributed by atoms with Gasteiger partial charge in [-0.1, -0.05) is 17.4 Å². The van der Waals surface area contributed by atoms with E-state index in [9.17, 15) is 9.59 Å². The Labute approximate surface area is 142 Å². The van der Waals surface area contributed by atoms with Gasteiger partial charge in [0.15, 0.2) is 5.13 Å². The first kappa shape index (κ1) is 16.1. The number of aryl methyl sites for hydroxylation is 2. The molecule has 8 heteroatoms. The molecule has 0 radical (unpaired) electrons. The van der Waals surface area contributed by atoms with Crippen LogP contribution in [0.3, 0.4) is 0 Å². The van der Waals surface area contributed by atoms with E-state index in [0.29, 0.717) is 23.7 Å². The molecule has 0 aliphatic carbocycles. The van der Waals surface area contributed by atoms with Gasteiger partial charge in [-0.3, -0.25) is 14.9 Å². The minimum atomic E-state index is -0.250. The number of rotatable bonds is 5. The van der Waals surface area contributed by atoms with Crippen LogP contribution in [0.2, 0.25) is 0 Å². The predicted molar refractivity (Wildman–Crippen MR) is 91.1 cm³/mol. The number of benzene rings is 1. The van der Waals surface area contributed by atoms with Crippen LogP contribution in [0.1, 0.15) is 22.5 Å². The van der Waals surface area contributed by atoms with Gasteiger partial charge in [-0.2, -0.15) is 0 Å². The van der Waals surface area contributed by atoms with Crippen LogP contribution in [0.5, 0.6) is 0 Å². The number of carbonyl (C=O) groups is 2. The van der Waals surface area contributed by atoms with E-state index in [1.165, 1.54) is 24.6 Å². The van der Waals surface area contributed by atoms with E-state index in [1.807, 2.05) is 18.2 Å². The molecule has 1 N–H and O–H groups in total. The summed E-state index contributed by atoms with van der Waals surface area (Å²) in [6, 6.07) is 5.80. The molecule has 0 saturated heterocycles. The second-order valence-corrected chi connectivity index (χ2v) is 6.27. The third-order valence-corrected chi connectivity index (χ3v) is 4.50. The molecule has 0 unspecified atom stereocenters. The normalized spacial score (nSPS) is 10.8. The van der Waals surface area contributed by atoms with Crippen LogP contribution in [-0.2, 0) is 23.0 Å². The highest BCUT2D eigenvalue weighted by atomic mass is 32.1. The summed E-state index contributed by atoms with van der Waals surface area (Å²) in [5.74, 6) is -0.483. The lowest BCUT2D eigenvalue weighted by Crippen LogP contribution is -2.15. The maximum absolute atomic E-state index is 12.2. The molecule has 2 heterocycles. The molecule has 124 valence electrons. The number of aromatic nitrogens is 3. The highest BCUT2D eigenvalue weighted by Gasteiger charge is 2.13. The van der Waals surface area contributed by atoms with Crippen molar-refractivity contribution < 1.29 is 14.3 Å². The van der Waals surface area contributed by atoms with Gasteiger partial charge in [0.05, 0.1) is 29.9 Å². The molecule has 3 rings (SSSR count). The number of fused-ring (bicyclic) bond motifs is 1. The molecule has 0 saturated carbocycles. The molecule has 0 aliphatic rings. The van der Waals surface area contributed by atoms with Crippen molar-refractivity contribution in [1.82, 2.24) is 14.5 Å². The van der Waals surface area contributed by atoms with Crippen LogP contribution in [0, 0.1) is 0 Å². The number of thiazole rings is 1. The second kappa shape index (κ2) is 6.79. The Morgan fingerprint density at radius 2 is 2.21 bits per heavy atom. The van der Waals surface area contributed by atoms with E-state index in [2.05, 4.69) is 20.0 Å². The van der Waals surface area contributed by atoms with E-state index >= 15 is 0 Å². The van der Waals surface area contributed by atoms with Crippen LogP contribution >= 0.6 is 11.3 Å². The SMILES string of the molecule is COC(=O)CCc1ccc2nc(NC(=O)c3cncn3C)sc2c1. The molecule has 0 fully saturated rings. The molecule has 24 heavy (non-hydrogen) atoms. The summed E-state index contributed by atoms with van der Waals surface area (Å²) in [6.07, 6.45) is 4.02. The molecule has 2 aromatic heterocycles. The number of esters is 1. The van der Waals surface area contributed by atoms with E-state index in [0.717, 1.165) is 15.8 Å². The molecular weight excluding hydrogens is 328 g/mol. The fourth-order valence-corrected chi connectivity index (χ4v) is 3.19. The van der Waals surface area contributed by atoms with E-state index in [4.69, 9.17) is 0 Å². The van der Waals surface area contributed by atoms with Crippen LogP contribution < -0.4 is 5.32 Å². The number of imidazole rings is 1. The van der Waals surface area contributed by atoms with Gasteiger partial charge < -0.3 is 9.30 Å². The molecule has 0 spiro atoms. The molecule has 0 bridgehead atoms. The number of nitrogens with zero attached hydrogens (tertiary/aromatic N) is 3. The number of anilines is 1. The maximum Gasteiger partial charge on any atom is 0.305 e. The van der Waals surface area contributed by atoms with E-state index < -0.39 is 0 Å². The van der Waals surface area contributed by atoms with Crippen LogP contribution in [0.25, 0.3) is 10.2 Å². The van der Waals surface area contributed by atoms with Crippen molar-refractivity contribution in [2.75, 3.05) is 12.4 Å². The standard InChI is InChI=1S/C16H16N4O3S/c1-20-9-17-8-12(20)15(22)19-16-18-11-5-3-10(7-13(11)24-16)4-6-14(21)23-2/h3,5,7-9H,4,6H2,1-2H3,(H,18,19,22). The Hall–Kier alpha value is -2.74. The minimum Gasteiger partial charge on any atom is -0.469 e. The Morgan fingerprint density at radius 1 is 1.38 bits per heavy atom. The smallest absolute Gasteiger partial charge is 0.305 e. The second-order valence-electron chi connectivity index (χ2n) is 5.24. The summed E-state index contributed by atoms with van der Waals surface area (Å²) in [7, 11) is 3.14. The van der Waals surface area contributed by atoms with Crippen molar-refractivity contribution in [3.63, 3.8) is 0 Å². The van der Waals surface area contributed by atoms with Crippen molar-refractivity contribution in [1.29, 1.82) is 0 Å². The molecule has 1 aromatic carbocycles. The van der Waals surface area contributed by atoms with Gasteiger partial charge in [0, 0.05) is 13.5 Å². The van der Waals surface area contributed by atoms with Gasteiger partial charge in [-0.05, 0) is 24.1 Å². The Kier molecular flexibility index (Phi) is 4.57. The van der Waals surface area contributed by atoms with Gasteiger partial charge in [-0.15, -0.1) is 0 Å². The Balaban J connectivity index is 1.75. The van der Waals surface area contributed by atoms with Gasteiger partial charge in [-0.25, -0.2) is 9.97 Å². The highest BCUT2D eigenvalue weighted by molar-refractivity contribution is 7.22. The molecule has 3 aromatic rings. The molecule has 0 aliphatic heterocycles. The average molecular weight is 344 g/mol. The molecule has 7 nitrogen and oxygen atoms in total. The van der Waals surface area contributed by atoms with Gasteiger partial charge in [0.2, 0.25) is 0 Å². The van der Waals surface area contributed by atoms with Crippen molar-refractivity contribution in [3.05, 3.63) is 42.0 Å². The monoisotopic (exact) mass is 344 g/mol. The Bertz CT molecular complexity index is 900. The zero-order valence-corrected chi connectivity index (χ0v) is 14.1. The van der Waals surface area contributed by atoms with Crippen molar-refractivity contribution in [2.45, 2.75) is 12.8 Å². The van der Waals surface area contributed by atoms with Crippen LogP contribution in [-0.4, -0.2) is 33.5 Å². The lowest BCUT2D eigenvalue weighted by Gasteiger charge is -2.01. The summed E-state index contributed by atoms with van der Waals surface area (Å²) >= 11 is 1.39. The van der Waals surface area contributed by atoms with E-state index in [1.54, 1.807) is 17.9 Å². The quantitative estimate of drug-likeness (QED) is 0.718. The number of hydrogen-bond donors (Lipinski definition) is 1.